The molecule has 1 atom stereocenters. The van der Waals surface area contributed by atoms with Gasteiger partial charge in [-0.15, -0.1) is 0 Å². The summed E-state index contributed by atoms with van der Waals surface area (Å²) in [5.74, 6) is 2.07. The lowest BCUT2D eigenvalue weighted by Crippen LogP contribution is -2.56. The lowest BCUT2D eigenvalue weighted by Gasteiger charge is -2.43. The van der Waals surface area contributed by atoms with Gasteiger partial charge in [-0.05, 0) is 55.2 Å². The van der Waals surface area contributed by atoms with Gasteiger partial charge >= 0.3 is 0 Å². The molecule has 2 aliphatic carbocycles. The highest BCUT2D eigenvalue weighted by Crippen LogP contribution is 2.46. The molecule has 8 nitrogen and oxygen atoms in total. The van der Waals surface area contributed by atoms with Gasteiger partial charge in [0.25, 0.3) is 0 Å². The topological polar surface area (TPSA) is 92.0 Å². The zero-order chi connectivity index (χ0) is 23.1. The quantitative estimate of drug-likeness (QED) is 0.636. The van der Waals surface area contributed by atoms with Crippen LogP contribution in [0.1, 0.15) is 54.8 Å². The molecule has 3 fully saturated rings. The summed E-state index contributed by atoms with van der Waals surface area (Å²) < 4.78 is 5.13. The number of nitrogen functional groups attached to an aromatic ring is 1. The smallest absolute Gasteiger partial charge is 0.246 e. The van der Waals surface area contributed by atoms with Crippen molar-refractivity contribution in [3.8, 4) is 0 Å². The van der Waals surface area contributed by atoms with Gasteiger partial charge in [0.15, 0.2) is 5.82 Å². The number of carbonyl (C=O) groups excluding carboxylic acids is 2. The summed E-state index contributed by atoms with van der Waals surface area (Å²) in [6.07, 6.45) is 7.22. The average Bonchev–Trinajstić information content (AvgIpc) is 3.75. The molecule has 3 heterocycles. The third-order valence-corrected chi connectivity index (χ3v) is 7.62. The Kier molecular flexibility index (Phi) is 6.03. The van der Waals surface area contributed by atoms with Crippen molar-refractivity contribution in [2.75, 3.05) is 50.5 Å². The molecule has 5 rings (SSSR count). The number of nitrogens with zero attached hydrogens (tertiary/aromatic N) is 4. The normalized spacial score (nSPS) is 22.8. The maximum atomic E-state index is 12.8. The Balaban J connectivity index is 1.42. The van der Waals surface area contributed by atoms with Crippen LogP contribution in [0, 0.1) is 5.92 Å². The molecule has 1 saturated heterocycles. The number of methoxy groups -OCH3 is 1. The maximum Gasteiger partial charge on any atom is 0.246 e. The second-order valence-electron chi connectivity index (χ2n) is 9.86. The number of rotatable bonds is 7. The fourth-order valence-electron chi connectivity index (χ4n) is 5.45. The first kappa shape index (κ1) is 22.2. The van der Waals surface area contributed by atoms with Gasteiger partial charge in [-0.2, -0.15) is 0 Å². The summed E-state index contributed by atoms with van der Waals surface area (Å²) in [6.45, 7) is 7.55. The van der Waals surface area contributed by atoms with Crippen LogP contribution in [0.5, 0.6) is 0 Å². The number of ether oxygens (including phenoxy) is 1. The molecule has 2 aliphatic heterocycles. The molecular formula is C25H35N5O3. The van der Waals surface area contributed by atoms with Crippen molar-refractivity contribution in [2.45, 2.75) is 57.0 Å². The Hall–Kier alpha value is -2.61. The first-order valence-corrected chi connectivity index (χ1v) is 12.3. The average molecular weight is 454 g/mol. The first-order chi connectivity index (χ1) is 16.0. The zero-order valence-corrected chi connectivity index (χ0v) is 19.6. The largest absolute Gasteiger partial charge is 0.396 e. The van der Waals surface area contributed by atoms with E-state index in [4.69, 9.17) is 15.5 Å². The Bertz CT molecular complexity index is 956. The van der Waals surface area contributed by atoms with Crippen molar-refractivity contribution < 1.29 is 14.3 Å². The van der Waals surface area contributed by atoms with Crippen molar-refractivity contribution in [3.63, 3.8) is 0 Å². The standard InChI is InChI=1S/C25H35N5O3/c1-3-21(31)28-10-8-18-19(14-28)24(17-6-7-17)27-25(23(18)26)29-11-12-30(22(32)9-13-33-2)20(15-29)16-4-5-16/h3,16-17,20H,1,4-15,26H2,2H3/t20-/m0/s1. The second kappa shape index (κ2) is 8.97. The second-order valence-corrected chi connectivity index (χ2v) is 9.86. The molecule has 33 heavy (non-hydrogen) atoms. The van der Waals surface area contributed by atoms with Gasteiger partial charge in [-0.25, -0.2) is 4.98 Å². The molecule has 2 amide bonds. The van der Waals surface area contributed by atoms with Crippen LogP contribution in [-0.2, 0) is 27.3 Å². The van der Waals surface area contributed by atoms with Crippen molar-refractivity contribution >= 4 is 23.3 Å². The summed E-state index contributed by atoms with van der Waals surface area (Å²) >= 11 is 0. The van der Waals surface area contributed by atoms with E-state index in [0.717, 1.165) is 60.7 Å². The van der Waals surface area contributed by atoms with E-state index in [1.54, 1.807) is 7.11 Å². The Morgan fingerprint density at radius 1 is 1.18 bits per heavy atom. The molecule has 2 saturated carbocycles. The van der Waals surface area contributed by atoms with Crippen molar-refractivity contribution in [1.82, 2.24) is 14.8 Å². The number of fused-ring (bicyclic) bond motifs is 1. The summed E-state index contributed by atoms with van der Waals surface area (Å²) in [4.78, 5) is 36.4. The number of pyridine rings is 1. The monoisotopic (exact) mass is 453 g/mol. The number of nitrogens with two attached hydrogens (primary N) is 1. The van der Waals surface area contributed by atoms with Crippen molar-refractivity contribution in [1.29, 1.82) is 0 Å². The molecule has 0 spiro atoms. The summed E-state index contributed by atoms with van der Waals surface area (Å²) in [5, 5.41) is 0. The number of amides is 2. The summed E-state index contributed by atoms with van der Waals surface area (Å²) in [6, 6.07) is 0.213. The van der Waals surface area contributed by atoms with Gasteiger partial charge in [0.2, 0.25) is 11.8 Å². The third-order valence-electron chi connectivity index (χ3n) is 7.62. The van der Waals surface area contributed by atoms with E-state index in [0.29, 0.717) is 44.5 Å². The number of piperazine rings is 1. The van der Waals surface area contributed by atoms with Crippen LogP contribution in [0.4, 0.5) is 11.5 Å². The van der Waals surface area contributed by atoms with Gasteiger partial charge in [0, 0.05) is 45.8 Å². The van der Waals surface area contributed by atoms with E-state index in [1.165, 1.54) is 18.9 Å². The van der Waals surface area contributed by atoms with Gasteiger partial charge in [-0.3, -0.25) is 9.59 Å². The number of carbonyl (C=O) groups is 2. The number of hydrogen-bond donors (Lipinski definition) is 1. The van der Waals surface area contributed by atoms with Gasteiger partial charge in [0.1, 0.15) is 0 Å². The fourth-order valence-corrected chi connectivity index (χ4v) is 5.45. The maximum absolute atomic E-state index is 12.8. The lowest BCUT2D eigenvalue weighted by molar-refractivity contribution is -0.135. The van der Waals surface area contributed by atoms with Crippen LogP contribution in [0.2, 0.25) is 0 Å². The zero-order valence-electron chi connectivity index (χ0n) is 19.6. The summed E-state index contributed by atoms with van der Waals surface area (Å²) in [5.41, 5.74) is 10.9. The van der Waals surface area contributed by atoms with E-state index < -0.39 is 0 Å². The summed E-state index contributed by atoms with van der Waals surface area (Å²) in [7, 11) is 1.64. The molecule has 0 unspecified atom stereocenters. The van der Waals surface area contributed by atoms with Crippen LogP contribution in [0.25, 0.3) is 0 Å². The minimum atomic E-state index is -0.0356. The van der Waals surface area contributed by atoms with Crippen molar-refractivity contribution in [2.24, 2.45) is 5.92 Å². The molecule has 8 heteroatoms. The Morgan fingerprint density at radius 2 is 1.97 bits per heavy atom. The van der Waals surface area contributed by atoms with E-state index in [1.807, 2.05) is 4.90 Å². The van der Waals surface area contributed by atoms with Gasteiger partial charge in [-0.1, -0.05) is 6.58 Å². The number of hydrogen-bond acceptors (Lipinski definition) is 6. The van der Waals surface area contributed by atoms with Gasteiger partial charge in [0.05, 0.1) is 30.5 Å². The van der Waals surface area contributed by atoms with Crippen LogP contribution < -0.4 is 10.6 Å². The molecule has 2 N–H and O–H groups in total. The van der Waals surface area contributed by atoms with Crippen molar-refractivity contribution in [3.05, 3.63) is 29.5 Å². The highest BCUT2D eigenvalue weighted by molar-refractivity contribution is 5.87. The van der Waals surface area contributed by atoms with Gasteiger partial charge < -0.3 is 25.2 Å². The molecule has 1 aromatic heterocycles. The molecule has 4 aliphatic rings. The molecule has 178 valence electrons. The molecule has 0 radical (unpaired) electrons. The highest BCUT2D eigenvalue weighted by Gasteiger charge is 2.42. The highest BCUT2D eigenvalue weighted by atomic mass is 16.5. The SMILES string of the molecule is C=CC(=O)N1CCc2c(N)c(N3CCN(C(=O)CCOC)[C@H](C4CC4)C3)nc(C3CC3)c2C1. The predicted molar refractivity (Wildman–Crippen MR) is 127 cm³/mol. The molecular weight excluding hydrogens is 418 g/mol. The lowest BCUT2D eigenvalue weighted by atomic mass is 9.94. The van der Waals surface area contributed by atoms with E-state index >= 15 is 0 Å². The number of anilines is 2. The molecule has 0 aromatic carbocycles. The minimum Gasteiger partial charge on any atom is -0.396 e. The van der Waals surface area contributed by atoms with E-state index in [2.05, 4.69) is 16.4 Å². The minimum absolute atomic E-state index is 0.0356. The third kappa shape index (κ3) is 4.33. The Labute approximate surface area is 195 Å². The van der Waals surface area contributed by atoms with E-state index in [9.17, 15) is 9.59 Å². The van der Waals surface area contributed by atoms with E-state index in [-0.39, 0.29) is 17.9 Å². The van der Waals surface area contributed by atoms with Crippen LogP contribution in [-0.4, -0.2) is 72.5 Å². The number of aromatic nitrogens is 1. The van der Waals surface area contributed by atoms with Crippen LogP contribution in [0.15, 0.2) is 12.7 Å². The predicted octanol–water partition coefficient (Wildman–Crippen LogP) is 2.08. The van der Waals surface area contributed by atoms with Crippen LogP contribution in [0.3, 0.4) is 0 Å². The fraction of sp³-hybridized carbons (Fsp3) is 0.640. The Morgan fingerprint density at radius 3 is 2.64 bits per heavy atom. The first-order valence-electron chi connectivity index (χ1n) is 12.3. The van der Waals surface area contributed by atoms with Crippen LogP contribution >= 0.6 is 0 Å². The molecule has 1 aromatic rings. The molecule has 0 bridgehead atoms.